The molecule has 0 saturated heterocycles. The normalized spacial score (nSPS) is 13.1. The van der Waals surface area contributed by atoms with E-state index < -0.39 is 21.8 Å². The molecule has 9 aromatic rings. The smallest absolute Gasteiger partial charge is 0.509 e. The van der Waals surface area contributed by atoms with Crippen LogP contribution in [-0.4, -0.2) is 18.0 Å². The fraction of sp³-hybridized carbons (Fsp3) is 0.0625. The molecule has 6 aromatic carbocycles. The van der Waals surface area contributed by atoms with Crippen molar-refractivity contribution in [2.24, 2.45) is 0 Å². The van der Waals surface area contributed by atoms with Crippen molar-refractivity contribution in [3.8, 4) is 39.8 Å². The molecule has 0 N–H and O–H groups in total. The molecule has 0 aliphatic carbocycles. The third-order valence-corrected chi connectivity index (χ3v) is 13.5. The maximum atomic E-state index is 10.2. The van der Waals surface area contributed by atoms with Gasteiger partial charge in [-0.2, -0.15) is 41.2 Å². The number of hydrogen-bond acceptors (Lipinski definition) is 5. The number of rotatable bonds is 6. The summed E-state index contributed by atoms with van der Waals surface area (Å²) in [6, 6.07) is 55.0. The van der Waals surface area contributed by atoms with Crippen molar-refractivity contribution in [3.05, 3.63) is 187 Å². The van der Waals surface area contributed by atoms with Crippen molar-refractivity contribution in [2.75, 3.05) is 0 Å². The maximum Gasteiger partial charge on any atom is 3.00 e. The van der Waals surface area contributed by atoms with Gasteiger partial charge in [0.05, 0.1) is 17.3 Å². The standard InChI is InChI=1S/C37H26N2O2Si.C11H8N.Ir/c1-24-17-18-26(21-25(24)2)30-15-10-16-31-32-20-19-27(22-38)34(36(32)41-35(30)31)33-23-39-37(40-33)42(3,28-11-6-4-7-12-28)29-13-8-5-9-14-29;1-2-6-10(7-3-1)11-8-4-5-9-12-11;/h4-14,16-17,19-21,23H,1-3H3;1-6,8-9H;/q-2;-1;+3/i1D3,2D3;;. The van der Waals surface area contributed by atoms with E-state index in [1.807, 2.05) is 84.9 Å². The fourth-order valence-electron chi connectivity index (χ4n) is 6.63. The zero-order chi connectivity index (χ0) is 42.1. The predicted molar refractivity (Wildman–Crippen MR) is 218 cm³/mol. The number of pyridine rings is 1. The summed E-state index contributed by atoms with van der Waals surface area (Å²) in [5.41, 5.74) is 4.27. The number of aryl methyl sites for hydroxylation is 2. The van der Waals surface area contributed by atoms with Gasteiger partial charge in [-0.3, -0.25) is 0 Å². The zero-order valence-electron chi connectivity index (χ0n) is 35.4. The van der Waals surface area contributed by atoms with Gasteiger partial charge >= 0.3 is 20.1 Å². The summed E-state index contributed by atoms with van der Waals surface area (Å²) in [5, 5.41) is 13.8. The van der Waals surface area contributed by atoms with Crippen molar-refractivity contribution >= 4 is 45.9 Å². The van der Waals surface area contributed by atoms with Crippen LogP contribution in [0, 0.1) is 43.2 Å². The SMILES string of the molecule is [2H]C([2H])([2H])c1c[c-]c(-c2[c-]ccc3c2oc2c(-c4cnc([Si](C)(c5ccccc5)c5ccccc5)o4)c(C#N)ccc23)cc1C([2H])([2H])[2H].[Ir+3].[c-]1ccccc1-c1ccccn1. The molecule has 9 rings (SSSR count). The number of benzene rings is 6. The van der Waals surface area contributed by atoms with Crippen molar-refractivity contribution in [3.63, 3.8) is 0 Å². The Morgan fingerprint density at radius 2 is 1.42 bits per heavy atom. The van der Waals surface area contributed by atoms with Crippen molar-refractivity contribution < 1.29 is 37.2 Å². The van der Waals surface area contributed by atoms with Gasteiger partial charge in [-0.1, -0.05) is 104 Å². The number of nitriles is 1. The van der Waals surface area contributed by atoms with Crippen molar-refractivity contribution in [1.82, 2.24) is 9.97 Å². The first kappa shape index (κ1) is 30.2. The van der Waals surface area contributed by atoms with Crippen LogP contribution < -0.4 is 15.9 Å². The first-order valence-electron chi connectivity index (χ1n) is 20.2. The maximum absolute atomic E-state index is 10.2. The van der Waals surface area contributed by atoms with Crippen LogP contribution in [0.25, 0.3) is 55.6 Å². The Morgan fingerprint density at radius 3 is 2.09 bits per heavy atom. The molecular formula is C48H34IrN3O2Si. The second kappa shape index (κ2) is 16.1. The van der Waals surface area contributed by atoms with E-state index in [4.69, 9.17) is 22.0 Å². The van der Waals surface area contributed by atoms with E-state index in [1.54, 1.807) is 30.6 Å². The molecule has 0 amide bonds. The topological polar surface area (TPSA) is 75.8 Å². The average Bonchev–Trinajstić information content (AvgIpc) is 3.92. The summed E-state index contributed by atoms with van der Waals surface area (Å²) in [6.45, 7) is -3.12. The van der Waals surface area contributed by atoms with E-state index in [1.165, 1.54) is 12.1 Å². The zero-order valence-corrected chi connectivity index (χ0v) is 32.8. The third kappa shape index (κ3) is 7.12. The van der Waals surface area contributed by atoms with Crippen LogP contribution in [0.15, 0.2) is 161 Å². The monoisotopic (exact) mass is 911 g/mol. The van der Waals surface area contributed by atoms with Crippen molar-refractivity contribution in [2.45, 2.75) is 20.3 Å². The molecule has 0 unspecified atom stereocenters. The largest absolute Gasteiger partial charge is 3.00 e. The van der Waals surface area contributed by atoms with Crippen LogP contribution in [0.1, 0.15) is 24.9 Å². The Labute approximate surface area is 343 Å². The predicted octanol–water partition coefficient (Wildman–Crippen LogP) is 9.64. The molecule has 3 aromatic heterocycles. The molecule has 0 spiro atoms. The fourth-order valence-corrected chi connectivity index (χ4v) is 9.81. The van der Waals surface area contributed by atoms with E-state index >= 15 is 0 Å². The molecule has 55 heavy (non-hydrogen) atoms. The molecule has 0 bridgehead atoms. The summed E-state index contributed by atoms with van der Waals surface area (Å²) in [5.74, 6) is 0.376. The van der Waals surface area contributed by atoms with Gasteiger partial charge in [0, 0.05) is 25.4 Å². The Kier molecular flexibility index (Phi) is 8.82. The minimum Gasteiger partial charge on any atom is -0.509 e. The summed E-state index contributed by atoms with van der Waals surface area (Å²) in [4.78, 5) is 9.03. The Hall–Kier alpha value is -6.16. The van der Waals surface area contributed by atoms with E-state index in [0.717, 1.165) is 21.6 Å². The van der Waals surface area contributed by atoms with Crippen LogP contribution in [0.2, 0.25) is 6.55 Å². The average molecular weight is 911 g/mol. The summed E-state index contributed by atoms with van der Waals surface area (Å²) < 4.78 is 60.8. The van der Waals surface area contributed by atoms with Crippen LogP contribution >= 0.6 is 0 Å². The molecule has 7 heteroatoms. The molecular weight excluding hydrogens is 871 g/mol. The van der Waals surface area contributed by atoms with Gasteiger partial charge in [-0.25, -0.2) is 10.5 Å². The van der Waals surface area contributed by atoms with Crippen LogP contribution in [0.5, 0.6) is 0 Å². The Balaban J connectivity index is 0.000000370. The number of aromatic nitrogens is 2. The van der Waals surface area contributed by atoms with Gasteiger partial charge < -0.3 is 13.8 Å². The molecule has 0 aliphatic rings. The molecule has 0 fully saturated rings. The van der Waals surface area contributed by atoms with Crippen LogP contribution in [-0.2, 0) is 20.1 Å². The third-order valence-electron chi connectivity index (χ3n) is 9.47. The molecule has 0 radical (unpaired) electrons. The van der Waals surface area contributed by atoms with E-state index in [0.29, 0.717) is 55.5 Å². The van der Waals surface area contributed by atoms with Gasteiger partial charge in [0.15, 0.2) is 11.3 Å². The molecule has 5 nitrogen and oxygen atoms in total. The van der Waals surface area contributed by atoms with Crippen LogP contribution in [0.3, 0.4) is 0 Å². The minimum atomic E-state index is -2.70. The van der Waals surface area contributed by atoms with Gasteiger partial charge in [0.25, 0.3) is 0 Å². The van der Waals surface area contributed by atoms with Gasteiger partial charge in [-0.15, -0.1) is 53.1 Å². The summed E-state index contributed by atoms with van der Waals surface area (Å²) in [7, 11) is -2.70. The number of furan rings is 1. The second-order valence-corrected chi connectivity index (χ2v) is 16.6. The first-order valence-corrected chi connectivity index (χ1v) is 19.7. The van der Waals surface area contributed by atoms with Gasteiger partial charge in [-0.05, 0) is 28.2 Å². The van der Waals surface area contributed by atoms with E-state index in [2.05, 4.69) is 60.1 Å². The van der Waals surface area contributed by atoms with E-state index in [-0.39, 0.29) is 31.2 Å². The number of hydrogen-bond donors (Lipinski definition) is 0. The molecule has 266 valence electrons. The van der Waals surface area contributed by atoms with E-state index in [9.17, 15) is 5.26 Å². The number of fused-ring (bicyclic) bond motifs is 3. The second-order valence-electron chi connectivity index (χ2n) is 12.7. The molecule has 0 saturated carbocycles. The van der Waals surface area contributed by atoms with Crippen LogP contribution in [0.4, 0.5) is 0 Å². The Bertz CT molecular complexity index is 2910. The minimum absolute atomic E-state index is 0. The summed E-state index contributed by atoms with van der Waals surface area (Å²) in [6.07, 6.45) is 3.42. The summed E-state index contributed by atoms with van der Waals surface area (Å²) >= 11 is 0. The number of oxazole rings is 1. The van der Waals surface area contributed by atoms with Gasteiger partial charge in [0.2, 0.25) is 8.07 Å². The van der Waals surface area contributed by atoms with Gasteiger partial charge in [0.1, 0.15) is 11.7 Å². The molecule has 0 aliphatic heterocycles. The first-order chi connectivity index (χ1) is 28.9. The van der Waals surface area contributed by atoms with Crippen molar-refractivity contribution in [1.29, 1.82) is 5.26 Å². The molecule has 3 heterocycles. The molecule has 0 atom stereocenters. The quantitative estimate of drug-likeness (QED) is 0.123. The Morgan fingerprint density at radius 1 is 0.691 bits per heavy atom. The number of nitrogens with zero attached hydrogens (tertiary/aromatic N) is 3.